The number of rotatable bonds is 4. The quantitative estimate of drug-likeness (QED) is 0.618. The second-order valence-electron chi connectivity index (χ2n) is 7.64. The average molecular weight is 345 g/mol. The molecule has 2 aliphatic heterocycles. The first-order valence-corrected chi connectivity index (χ1v) is 10.5. The molecule has 2 heterocycles. The van der Waals surface area contributed by atoms with Gasteiger partial charge in [0.25, 0.3) is 0 Å². The van der Waals surface area contributed by atoms with Crippen molar-refractivity contribution in [2.75, 3.05) is 45.5 Å². The molecule has 0 spiro atoms. The van der Waals surface area contributed by atoms with E-state index in [0.29, 0.717) is 24.4 Å². The van der Waals surface area contributed by atoms with Crippen LogP contribution in [0.15, 0.2) is 4.99 Å². The van der Waals surface area contributed by atoms with Crippen LogP contribution in [0.25, 0.3) is 0 Å². The maximum absolute atomic E-state index is 11.6. The van der Waals surface area contributed by atoms with E-state index in [1.54, 1.807) is 4.31 Å². The van der Waals surface area contributed by atoms with Gasteiger partial charge in [-0.3, -0.25) is 4.99 Å². The van der Waals surface area contributed by atoms with Crippen molar-refractivity contribution in [2.45, 2.75) is 40.0 Å². The molecule has 0 aromatic heterocycles. The maximum Gasteiger partial charge on any atom is 0.211 e. The molecule has 0 aliphatic carbocycles. The van der Waals surface area contributed by atoms with Crippen LogP contribution in [0.5, 0.6) is 0 Å². The fourth-order valence-electron chi connectivity index (χ4n) is 3.36. The zero-order valence-electron chi connectivity index (χ0n) is 15.0. The topological polar surface area (TPSA) is 65.0 Å². The summed E-state index contributed by atoms with van der Waals surface area (Å²) in [5.41, 5.74) is 0.358. The molecule has 0 saturated carbocycles. The van der Waals surface area contributed by atoms with Crippen LogP contribution < -0.4 is 5.32 Å². The number of aliphatic imine (C=N–C) groups is 1. The molecule has 2 rings (SSSR count). The molecule has 2 aliphatic rings. The van der Waals surface area contributed by atoms with E-state index in [2.05, 4.69) is 31.0 Å². The molecule has 0 amide bonds. The Morgan fingerprint density at radius 3 is 2.39 bits per heavy atom. The van der Waals surface area contributed by atoms with E-state index in [4.69, 9.17) is 4.99 Å². The van der Waals surface area contributed by atoms with Crippen molar-refractivity contribution in [1.82, 2.24) is 14.5 Å². The number of guanidine groups is 1. The van der Waals surface area contributed by atoms with Crippen molar-refractivity contribution in [3.8, 4) is 0 Å². The zero-order chi connectivity index (χ0) is 17.1. The van der Waals surface area contributed by atoms with Gasteiger partial charge in [0.1, 0.15) is 0 Å². The van der Waals surface area contributed by atoms with Crippen molar-refractivity contribution in [3.63, 3.8) is 0 Å². The Hall–Kier alpha value is -0.820. The van der Waals surface area contributed by atoms with E-state index < -0.39 is 10.0 Å². The Labute approximate surface area is 141 Å². The van der Waals surface area contributed by atoms with Gasteiger partial charge in [0.2, 0.25) is 10.0 Å². The van der Waals surface area contributed by atoms with Crippen LogP contribution in [0.2, 0.25) is 0 Å². The molecule has 0 radical (unpaired) electrons. The molecule has 2 fully saturated rings. The summed E-state index contributed by atoms with van der Waals surface area (Å²) in [4.78, 5) is 7.19. The molecule has 0 aromatic rings. The maximum atomic E-state index is 11.6. The van der Waals surface area contributed by atoms with Crippen molar-refractivity contribution in [1.29, 1.82) is 0 Å². The fraction of sp³-hybridized carbons (Fsp3) is 0.938. The lowest BCUT2D eigenvalue weighted by Crippen LogP contribution is -2.42. The van der Waals surface area contributed by atoms with Gasteiger partial charge in [-0.25, -0.2) is 12.7 Å². The third-order valence-electron chi connectivity index (χ3n) is 4.85. The number of piperidine rings is 1. The third kappa shape index (κ3) is 5.35. The molecule has 2 saturated heterocycles. The Morgan fingerprint density at radius 2 is 1.91 bits per heavy atom. The second-order valence-corrected chi connectivity index (χ2v) is 9.62. The van der Waals surface area contributed by atoms with Crippen LogP contribution in [0.4, 0.5) is 0 Å². The average Bonchev–Trinajstić information content (AvgIpc) is 2.83. The summed E-state index contributed by atoms with van der Waals surface area (Å²) in [5, 5.41) is 3.40. The number of nitrogens with one attached hydrogen (secondary N) is 1. The number of likely N-dealkylation sites (tertiary alicyclic amines) is 1. The fourth-order valence-corrected chi connectivity index (χ4v) is 4.23. The van der Waals surface area contributed by atoms with Gasteiger partial charge >= 0.3 is 0 Å². The van der Waals surface area contributed by atoms with Crippen molar-refractivity contribution in [3.05, 3.63) is 0 Å². The lowest BCUT2D eigenvalue weighted by Gasteiger charge is -2.30. The van der Waals surface area contributed by atoms with Crippen molar-refractivity contribution >= 4 is 16.0 Å². The van der Waals surface area contributed by atoms with E-state index in [1.807, 2.05) is 0 Å². The van der Waals surface area contributed by atoms with E-state index >= 15 is 0 Å². The summed E-state index contributed by atoms with van der Waals surface area (Å²) in [6.45, 7) is 11.7. The Morgan fingerprint density at radius 1 is 1.26 bits per heavy atom. The van der Waals surface area contributed by atoms with Gasteiger partial charge in [-0.05, 0) is 37.5 Å². The summed E-state index contributed by atoms with van der Waals surface area (Å²) in [5.74, 6) is 1.50. The Balaban J connectivity index is 1.89. The predicted octanol–water partition coefficient (Wildman–Crippen LogP) is 1.36. The highest BCUT2D eigenvalue weighted by atomic mass is 32.2. The first kappa shape index (κ1) is 18.5. The highest BCUT2D eigenvalue weighted by Gasteiger charge is 2.31. The van der Waals surface area contributed by atoms with Crippen LogP contribution in [0, 0.1) is 11.3 Å². The number of hydrogen-bond donors (Lipinski definition) is 1. The molecule has 134 valence electrons. The molecule has 7 heteroatoms. The Bertz CT molecular complexity index is 522. The smallest absolute Gasteiger partial charge is 0.211 e. The lowest BCUT2D eigenvalue weighted by molar-refractivity contribution is 0.279. The highest BCUT2D eigenvalue weighted by molar-refractivity contribution is 7.88. The molecule has 23 heavy (non-hydrogen) atoms. The molecular formula is C16H32N4O2S. The van der Waals surface area contributed by atoms with Gasteiger partial charge < -0.3 is 10.2 Å². The van der Waals surface area contributed by atoms with Crippen molar-refractivity contribution in [2.24, 2.45) is 16.3 Å². The van der Waals surface area contributed by atoms with Gasteiger partial charge in [-0.15, -0.1) is 0 Å². The van der Waals surface area contributed by atoms with Gasteiger partial charge in [-0.1, -0.05) is 13.8 Å². The first-order valence-electron chi connectivity index (χ1n) is 8.70. The van der Waals surface area contributed by atoms with Crippen LogP contribution >= 0.6 is 0 Å². The molecule has 0 bridgehead atoms. The Kier molecular flexibility index (Phi) is 5.94. The minimum absolute atomic E-state index is 0.358. The molecular weight excluding hydrogens is 312 g/mol. The molecule has 6 nitrogen and oxygen atoms in total. The summed E-state index contributed by atoms with van der Waals surface area (Å²) in [6.07, 6.45) is 4.30. The molecule has 1 N–H and O–H groups in total. The number of sulfonamides is 1. The number of nitrogens with zero attached hydrogens (tertiary/aromatic N) is 3. The normalized spacial score (nSPS) is 24.2. The van der Waals surface area contributed by atoms with E-state index in [-0.39, 0.29) is 0 Å². The van der Waals surface area contributed by atoms with E-state index in [0.717, 1.165) is 45.0 Å². The first-order chi connectivity index (χ1) is 10.7. The predicted molar refractivity (Wildman–Crippen MR) is 95.1 cm³/mol. The highest BCUT2D eigenvalue weighted by Crippen LogP contribution is 2.28. The zero-order valence-corrected chi connectivity index (χ0v) is 15.8. The molecule has 0 aromatic carbocycles. The summed E-state index contributed by atoms with van der Waals surface area (Å²) in [7, 11) is -3.04. The van der Waals surface area contributed by atoms with Crippen LogP contribution in [0.3, 0.4) is 0 Å². The standard InChI is InChI=1S/C16H32N4O2S/c1-5-17-15(19-11-8-16(2,3)13-19)18-12-14-6-9-20(10-7-14)23(4,21)22/h14H,5-13H2,1-4H3,(H,17,18). The third-order valence-corrected chi connectivity index (χ3v) is 6.16. The van der Waals surface area contributed by atoms with Crippen molar-refractivity contribution < 1.29 is 8.42 Å². The van der Waals surface area contributed by atoms with Crippen LogP contribution in [-0.2, 0) is 10.0 Å². The van der Waals surface area contributed by atoms with E-state index in [1.165, 1.54) is 12.7 Å². The lowest BCUT2D eigenvalue weighted by atomic mass is 9.93. The molecule has 0 unspecified atom stereocenters. The monoisotopic (exact) mass is 344 g/mol. The minimum atomic E-state index is -3.04. The summed E-state index contributed by atoms with van der Waals surface area (Å²) in [6, 6.07) is 0. The van der Waals surface area contributed by atoms with Gasteiger partial charge in [0.15, 0.2) is 5.96 Å². The van der Waals surface area contributed by atoms with Gasteiger partial charge in [-0.2, -0.15) is 0 Å². The minimum Gasteiger partial charge on any atom is -0.357 e. The van der Waals surface area contributed by atoms with Crippen LogP contribution in [-0.4, -0.2) is 69.1 Å². The summed E-state index contributed by atoms with van der Waals surface area (Å²) >= 11 is 0. The molecule has 0 atom stereocenters. The second kappa shape index (κ2) is 7.38. The summed E-state index contributed by atoms with van der Waals surface area (Å²) < 4.78 is 24.7. The number of hydrogen-bond acceptors (Lipinski definition) is 3. The van der Waals surface area contributed by atoms with Gasteiger partial charge in [0, 0.05) is 39.3 Å². The largest absolute Gasteiger partial charge is 0.357 e. The van der Waals surface area contributed by atoms with Gasteiger partial charge in [0.05, 0.1) is 6.26 Å². The SMILES string of the molecule is CCNC(=NCC1CCN(S(C)(=O)=O)CC1)N1CCC(C)(C)C1. The van der Waals surface area contributed by atoms with Crippen LogP contribution in [0.1, 0.15) is 40.0 Å². The van der Waals surface area contributed by atoms with E-state index in [9.17, 15) is 8.42 Å².